The van der Waals surface area contributed by atoms with Crippen LogP contribution < -0.4 is 4.72 Å². The molecule has 3 atom stereocenters. The second-order valence-electron chi connectivity index (χ2n) is 5.96. The van der Waals surface area contributed by atoms with Crippen molar-refractivity contribution in [3.05, 3.63) is 11.0 Å². The highest BCUT2D eigenvalue weighted by Gasteiger charge is 2.31. The van der Waals surface area contributed by atoms with Crippen molar-refractivity contribution in [2.45, 2.75) is 45.1 Å². The van der Waals surface area contributed by atoms with Crippen LogP contribution in [0.25, 0.3) is 0 Å². The van der Waals surface area contributed by atoms with E-state index in [0.29, 0.717) is 6.04 Å². The summed E-state index contributed by atoms with van der Waals surface area (Å²) in [7, 11) is 0. The average Bonchev–Trinajstić information content (AvgIpc) is 2.75. The summed E-state index contributed by atoms with van der Waals surface area (Å²) < 4.78 is 3.51. The lowest BCUT2D eigenvalue weighted by atomic mass is 9.75. The standard InChI is InChI=1S/C14H24N2S/c1-11-8-14(15-17-11)10-16-7-6-12-4-2-3-5-13(12)9-16/h8,12-15H,2-7,9-10H2,1H3. The number of rotatable bonds is 2. The van der Waals surface area contributed by atoms with Gasteiger partial charge in [-0.15, -0.1) is 0 Å². The molecule has 2 fully saturated rings. The van der Waals surface area contributed by atoms with Crippen LogP contribution in [-0.2, 0) is 0 Å². The van der Waals surface area contributed by atoms with Crippen molar-refractivity contribution in [1.82, 2.24) is 9.62 Å². The zero-order valence-corrected chi connectivity index (χ0v) is 11.6. The van der Waals surface area contributed by atoms with E-state index in [4.69, 9.17) is 0 Å². The topological polar surface area (TPSA) is 15.3 Å². The van der Waals surface area contributed by atoms with Gasteiger partial charge in [0, 0.05) is 19.1 Å². The highest BCUT2D eigenvalue weighted by atomic mass is 32.2. The molecule has 96 valence electrons. The fraction of sp³-hybridized carbons (Fsp3) is 0.857. The van der Waals surface area contributed by atoms with Crippen molar-refractivity contribution in [3.8, 4) is 0 Å². The van der Waals surface area contributed by atoms with E-state index in [1.165, 1.54) is 56.6 Å². The molecule has 0 aromatic carbocycles. The quantitative estimate of drug-likeness (QED) is 0.761. The molecule has 0 spiro atoms. The fourth-order valence-corrected chi connectivity index (χ4v) is 4.44. The van der Waals surface area contributed by atoms with Gasteiger partial charge < -0.3 is 4.90 Å². The third-order valence-electron chi connectivity index (χ3n) is 4.64. The molecular weight excluding hydrogens is 228 g/mol. The lowest BCUT2D eigenvalue weighted by molar-refractivity contribution is 0.0849. The monoisotopic (exact) mass is 252 g/mol. The Morgan fingerprint density at radius 3 is 2.88 bits per heavy atom. The molecule has 2 heterocycles. The summed E-state index contributed by atoms with van der Waals surface area (Å²) in [6, 6.07) is 0.583. The van der Waals surface area contributed by atoms with Crippen LogP contribution in [0, 0.1) is 11.8 Å². The lowest BCUT2D eigenvalue weighted by Crippen LogP contribution is -2.45. The van der Waals surface area contributed by atoms with Crippen molar-refractivity contribution in [2.75, 3.05) is 19.6 Å². The number of hydrogen-bond donors (Lipinski definition) is 1. The second-order valence-corrected chi connectivity index (χ2v) is 7.04. The van der Waals surface area contributed by atoms with E-state index in [-0.39, 0.29) is 0 Å². The van der Waals surface area contributed by atoms with Gasteiger partial charge in [0.25, 0.3) is 0 Å². The van der Waals surface area contributed by atoms with Crippen molar-refractivity contribution in [2.24, 2.45) is 11.8 Å². The van der Waals surface area contributed by atoms with Gasteiger partial charge in [0.05, 0.1) is 0 Å². The summed E-state index contributed by atoms with van der Waals surface area (Å²) in [5, 5.41) is 0. The summed E-state index contributed by atoms with van der Waals surface area (Å²) in [5.41, 5.74) is 0. The van der Waals surface area contributed by atoms with Crippen LogP contribution in [0.2, 0.25) is 0 Å². The number of nitrogens with one attached hydrogen (secondary N) is 1. The van der Waals surface area contributed by atoms with Gasteiger partial charge in [0.1, 0.15) is 0 Å². The molecule has 1 saturated heterocycles. The Balaban J connectivity index is 1.52. The number of piperidine rings is 1. The van der Waals surface area contributed by atoms with E-state index in [0.717, 1.165) is 11.8 Å². The minimum absolute atomic E-state index is 0.583. The lowest BCUT2D eigenvalue weighted by Gasteiger charge is -2.41. The van der Waals surface area contributed by atoms with Crippen LogP contribution in [0.4, 0.5) is 0 Å². The minimum atomic E-state index is 0.583. The largest absolute Gasteiger partial charge is 0.301 e. The molecule has 2 nitrogen and oxygen atoms in total. The molecule has 3 heteroatoms. The molecule has 3 rings (SSSR count). The molecule has 0 aromatic heterocycles. The van der Waals surface area contributed by atoms with Crippen LogP contribution in [0.15, 0.2) is 11.0 Å². The molecule has 3 unspecified atom stereocenters. The van der Waals surface area contributed by atoms with Crippen molar-refractivity contribution in [1.29, 1.82) is 0 Å². The number of nitrogens with zero attached hydrogens (tertiary/aromatic N) is 1. The summed E-state index contributed by atoms with van der Waals surface area (Å²) >= 11 is 1.80. The smallest absolute Gasteiger partial charge is 0.0493 e. The Labute approximate surface area is 109 Å². The van der Waals surface area contributed by atoms with Gasteiger partial charge in [0.2, 0.25) is 0 Å². The summed E-state index contributed by atoms with van der Waals surface area (Å²) in [5.74, 6) is 2.07. The molecule has 2 aliphatic heterocycles. The highest BCUT2D eigenvalue weighted by molar-refractivity contribution is 8.01. The Hall–Kier alpha value is 0.0100. The highest BCUT2D eigenvalue weighted by Crippen LogP contribution is 2.36. The van der Waals surface area contributed by atoms with Crippen LogP contribution in [-0.4, -0.2) is 30.6 Å². The first-order valence-electron chi connectivity index (χ1n) is 7.14. The van der Waals surface area contributed by atoms with Crippen molar-refractivity contribution >= 4 is 11.9 Å². The van der Waals surface area contributed by atoms with Gasteiger partial charge in [-0.3, -0.25) is 4.72 Å². The van der Waals surface area contributed by atoms with Crippen LogP contribution >= 0.6 is 11.9 Å². The molecule has 0 amide bonds. The first-order chi connectivity index (χ1) is 8.31. The first-order valence-corrected chi connectivity index (χ1v) is 7.96. The maximum absolute atomic E-state index is 3.51. The zero-order chi connectivity index (χ0) is 11.7. The van der Waals surface area contributed by atoms with Crippen LogP contribution in [0.1, 0.15) is 39.0 Å². The first kappa shape index (κ1) is 12.1. The van der Waals surface area contributed by atoms with Crippen LogP contribution in [0.3, 0.4) is 0 Å². The maximum Gasteiger partial charge on any atom is 0.0493 e. The molecule has 1 aliphatic carbocycles. The Kier molecular flexibility index (Phi) is 3.78. The summed E-state index contributed by atoms with van der Waals surface area (Å²) in [6.45, 7) is 6.11. The van der Waals surface area contributed by atoms with E-state index in [1.54, 1.807) is 11.9 Å². The molecule has 1 N–H and O–H groups in total. The van der Waals surface area contributed by atoms with Gasteiger partial charge in [-0.2, -0.15) is 0 Å². The average molecular weight is 252 g/mol. The number of allylic oxidation sites excluding steroid dienone is 1. The molecule has 0 bridgehead atoms. The molecular formula is C14H24N2S. The van der Waals surface area contributed by atoms with Gasteiger partial charge in [-0.1, -0.05) is 25.3 Å². The van der Waals surface area contributed by atoms with E-state index in [1.807, 2.05) is 0 Å². The third-order valence-corrected chi connectivity index (χ3v) is 5.52. The minimum Gasteiger partial charge on any atom is -0.301 e. The van der Waals surface area contributed by atoms with E-state index in [9.17, 15) is 0 Å². The Bertz CT molecular complexity index is 303. The van der Waals surface area contributed by atoms with Crippen molar-refractivity contribution in [3.63, 3.8) is 0 Å². The van der Waals surface area contributed by atoms with E-state index < -0.39 is 0 Å². The SMILES string of the molecule is CC1=CC(CN2CCC3CCCCC3C2)NS1. The summed E-state index contributed by atoms with van der Waals surface area (Å²) in [4.78, 5) is 4.13. The molecule has 0 aromatic rings. The van der Waals surface area contributed by atoms with Gasteiger partial charge >= 0.3 is 0 Å². The molecule has 3 aliphatic rings. The van der Waals surface area contributed by atoms with Crippen LogP contribution in [0.5, 0.6) is 0 Å². The second kappa shape index (κ2) is 5.33. The predicted octanol–water partition coefficient (Wildman–Crippen LogP) is 3.02. The number of likely N-dealkylation sites (tertiary alicyclic amines) is 1. The van der Waals surface area contributed by atoms with Gasteiger partial charge in [-0.05, 0) is 55.0 Å². The molecule has 1 saturated carbocycles. The molecule has 0 radical (unpaired) electrons. The number of hydrogen-bond acceptors (Lipinski definition) is 3. The van der Waals surface area contributed by atoms with Gasteiger partial charge in [0.15, 0.2) is 0 Å². The van der Waals surface area contributed by atoms with Crippen molar-refractivity contribution < 1.29 is 0 Å². The van der Waals surface area contributed by atoms with Gasteiger partial charge in [-0.25, -0.2) is 0 Å². The third kappa shape index (κ3) is 2.88. The normalized spacial score (nSPS) is 38.9. The number of fused-ring (bicyclic) bond motifs is 1. The summed E-state index contributed by atoms with van der Waals surface area (Å²) in [6.07, 6.45) is 9.80. The van der Waals surface area contributed by atoms with E-state index in [2.05, 4.69) is 22.6 Å². The fourth-order valence-electron chi connectivity index (χ4n) is 3.73. The predicted molar refractivity (Wildman–Crippen MR) is 74.8 cm³/mol. The maximum atomic E-state index is 3.51. The Morgan fingerprint density at radius 2 is 2.12 bits per heavy atom. The Morgan fingerprint density at radius 1 is 1.29 bits per heavy atom. The zero-order valence-electron chi connectivity index (χ0n) is 10.8. The van der Waals surface area contributed by atoms with E-state index >= 15 is 0 Å². The molecule has 17 heavy (non-hydrogen) atoms.